The van der Waals surface area contributed by atoms with E-state index in [1.165, 1.54) is 12.7 Å². The SMILES string of the molecule is OCCc1ncncn1.[H+]. The molecule has 1 rings (SSSR count). The third-order valence-electron chi connectivity index (χ3n) is 0.882. The number of hydrogen-bond acceptors (Lipinski definition) is 4. The summed E-state index contributed by atoms with van der Waals surface area (Å²) < 4.78 is 0. The van der Waals surface area contributed by atoms with E-state index in [9.17, 15) is 0 Å². The molecule has 1 aromatic rings. The molecule has 0 fully saturated rings. The Morgan fingerprint density at radius 1 is 1.44 bits per heavy atom. The van der Waals surface area contributed by atoms with Gasteiger partial charge in [-0.25, -0.2) is 15.0 Å². The molecule has 0 aliphatic carbocycles. The highest BCUT2D eigenvalue weighted by Crippen LogP contribution is 1.83. The van der Waals surface area contributed by atoms with E-state index in [4.69, 9.17) is 5.11 Å². The van der Waals surface area contributed by atoms with Gasteiger partial charge in [0.1, 0.15) is 18.5 Å². The van der Waals surface area contributed by atoms with Crippen molar-refractivity contribution in [1.82, 2.24) is 15.0 Å². The fourth-order valence-electron chi connectivity index (χ4n) is 0.492. The Kier molecular flexibility index (Phi) is 2.09. The molecular formula is C5H8N3O+. The summed E-state index contributed by atoms with van der Waals surface area (Å²) in [7, 11) is 0. The van der Waals surface area contributed by atoms with Gasteiger partial charge < -0.3 is 5.11 Å². The van der Waals surface area contributed by atoms with Gasteiger partial charge in [-0.1, -0.05) is 0 Å². The maximum Gasteiger partial charge on any atom is 1.00 e. The van der Waals surface area contributed by atoms with Crippen LogP contribution in [0.15, 0.2) is 12.7 Å². The molecule has 0 atom stereocenters. The van der Waals surface area contributed by atoms with E-state index in [1.54, 1.807) is 0 Å². The molecule has 1 N–H and O–H groups in total. The first-order chi connectivity index (χ1) is 4.43. The van der Waals surface area contributed by atoms with Crippen LogP contribution < -0.4 is 0 Å². The minimum atomic E-state index is 0. The van der Waals surface area contributed by atoms with Gasteiger partial charge in [0.2, 0.25) is 0 Å². The monoisotopic (exact) mass is 126 g/mol. The van der Waals surface area contributed by atoms with E-state index in [-0.39, 0.29) is 8.03 Å². The van der Waals surface area contributed by atoms with Crippen molar-refractivity contribution in [2.45, 2.75) is 6.42 Å². The highest BCUT2D eigenvalue weighted by atomic mass is 16.3. The van der Waals surface area contributed by atoms with Crippen LogP contribution in [0.1, 0.15) is 7.25 Å². The molecule has 9 heavy (non-hydrogen) atoms. The fourth-order valence-corrected chi connectivity index (χ4v) is 0.492. The Balaban J connectivity index is 0.000000810. The Morgan fingerprint density at radius 2 is 2.11 bits per heavy atom. The first kappa shape index (κ1) is 6.10. The van der Waals surface area contributed by atoms with Gasteiger partial charge in [-0.15, -0.1) is 0 Å². The Hall–Kier alpha value is -1.03. The van der Waals surface area contributed by atoms with E-state index < -0.39 is 0 Å². The van der Waals surface area contributed by atoms with Gasteiger partial charge >= 0.3 is 1.43 Å². The summed E-state index contributed by atoms with van der Waals surface area (Å²) in [6.45, 7) is 0.0873. The van der Waals surface area contributed by atoms with Gasteiger partial charge in [0, 0.05) is 6.42 Å². The summed E-state index contributed by atoms with van der Waals surface area (Å²) in [6.07, 6.45) is 3.33. The Morgan fingerprint density at radius 3 is 2.67 bits per heavy atom. The third-order valence-corrected chi connectivity index (χ3v) is 0.882. The van der Waals surface area contributed by atoms with Crippen molar-refractivity contribution in [1.29, 1.82) is 0 Å². The van der Waals surface area contributed by atoms with Crippen LogP contribution in [0.4, 0.5) is 0 Å². The summed E-state index contributed by atoms with van der Waals surface area (Å²) in [5.74, 6) is 0.632. The van der Waals surface area contributed by atoms with Crippen molar-refractivity contribution in [3.05, 3.63) is 18.5 Å². The quantitative estimate of drug-likeness (QED) is 0.581. The Bertz CT molecular complexity index is 170. The number of aromatic nitrogens is 3. The van der Waals surface area contributed by atoms with Gasteiger partial charge in [0.25, 0.3) is 0 Å². The topological polar surface area (TPSA) is 58.9 Å². The fraction of sp³-hybridized carbons (Fsp3) is 0.400. The molecule has 4 nitrogen and oxygen atoms in total. The summed E-state index contributed by atoms with van der Waals surface area (Å²) in [5, 5.41) is 8.42. The second-order valence-corrected chi connectivity index (χ2v) is 1.53. The average molecular weight is 126 g/mol. The second-order valence-electron chi connectivity index (χ2n) is 1.53. The molecule has 0 aromatic carbocycles. The highest BCUT2D eigenvalue weighted by molar-refractivity contribution is 4.80. The van der Waals surface area contributed by atoms with Crippen molar-refractivity contribution < 1.29 is 6.53 Å². The maximum atomic E-state index is 8.42. The number of aliphatic hydroxyl groups is 1. The number of aliphatic hydroxyl groups excluding tert-OH is 1. The van der Waals surface area contributed by atoms with E-state index in [1.807, 2.05) is 0 Å². The first-order valence-electron chi connectivity index (χ1n) is 2.65. The van der Waals surface area contributed by atoms with Crippen LogP contribution in [0.5, 0.6) is 0 Å². The molecule has 0 radical (unpaired) electrons. The zero-order valence-corrected chi connectivity index (χ0v) is 4.86. The minimum Gasteiger partial charge on any atom is -0.396 e. The van der Waals surface area contributed by atoms with Crippen LogP contribution in [0.3, 0.4) is 0 Å². The van der Waals surface area contributed by atoms with Crippen molar-refractivity contribution in [2.24, 2.45) is 0 Å². The number of rotatable bonds is 2. The van der Waals surface area contributed by atoms with E-state index in [0.29, 0.717) is 12.2 Å². The smallest absolute Gasteiger partial charge is 0.396 e. The summed E-state index contributed by atoms with van der Waals surface area (Å²) in [5.41, 5.74) is 0. The minimum absolute atomic E-state index is 0. The summed E-state index contributed by atoms with van der Waals surface area (Å²) >= 11 is 0. The molecule has 1 aromatic heterocycles. The van der Waals surface area contributed by atoms with Crippen LogP contribution in [0.25, 0.3) is 0 Å². The van der Waals surface area contributed by atoms with Crippen molar-refractivity contribution >= 4 is 0 Å². The predicted octanol–water partition coefficient (Wildman–Crippen LogP) is -0.481. The Labute approximate surface area is 54.1 Å². The molecule has 0 bridgehead atoms. The number of nitrogens with zero attached hydrogens (tertiary/aromatic N) is 3. The van der Waals surface area contributed by atoms with Crippen LogP contribution >= 0.6 is 0 Å². The van der Waals surface area contributed by atoms with Gasteiger partial charge in [-0.3, -0.25) is 0 Å². The average Bonchev–Trinajstić information content (AvgIpc) is 1.91. The lowest BCUT2D eigenvalue weighted by Crippen LogP contribution is -1.97. The van der Waals surface area contributed by atoms with Crippen molar-refractivity contribution in [2.75, 3.05) is 6.61 Å². The van der Waals surface area contributed by atoms with E-state index in [0.717, 1.165) is 0 Å². The van der Waals surface area contributed by atoms with Gasteiger partial charge in [0.05, 0.1) is 6.61 Å². The van der Waals surface area contributed by atoms with Gasteiger partial charge in [0.15, 0.2) is 0 Å². The van der Waals surface area contributed by atoms with Crippen molar-refractivity contribution in [3.63, 3.8) is 0 Å². The van der Waals surface area contributed by atoms with Crippen LogP contribution in [0, 0.1) is 0 Å². The lowest BCUT2D eigenvalue weighted by molar-refractivity contribution is 0.296. The molecule has 0 saturated heterocycles. The van der Waals surface area contributed by atoms with Crippen molar-refractivity contribution in [3.8, 4) is 0 Å². The molecule has 48 valence electrons. The van der Waals surface area contributed by atoms with Gasteiger partial charge in [-0.05, 0) is 0 Å². The van der Waals surface area contributed by atoms with E-state index in [2.05, 4.69) is 15.0 Å². The normalized spacial score (nSPS) is 9.44. The summed E-state index contributed by atoms with van der Waals surface area (Å²) in [6, 6.07) is 0. The molecule has 0 aliphatic heterocycles. The predicted molar refractivity (Wildman–Crippen MR) is 31.7 cm³/mol. The zero-order chi connectivity index (χ0) is 6.53. The van der Waals surface area contributed by atoms with E-state index >= 15 is 0 Å². The summed E-state index contributed by atoms with van der Waals surface area (Å²) in [4.78, 5) is 11.2. The molecule has 0 saturated carbocycles. The molecule has 0 aliphatic rings. The highest BCUT2D eigenvalue weighted by Gasteiger charge is 1.89. The second kappa shape index (κ2) is 3.09. The molecular weight excluding hydrogens is 118 g/mol. The van der Waals surface area contributed by atoms with Crippen LogP contribution in [-0.4, -0.2) is 26.7 Å². The van der Waals surface area contributed by atoms with Crippen LogP contribution in [-0.2, 0) is 6.42 Å². The molecule has 0 amide bonds. The maximum absolute atomic E-state index is 8.42. The third kappa shape index (κ3) is 1.73. The van der Waals surface area contributed by atoms with Gasteiger partial charge in [-0.2, -0.15) is 0 Å². The largest absolute Gasteiger partial charge is 1.00 e. The molecule has 0 spiro atoms. The standard InChI is InChI=1S/C5H7N3O/c9-2-1-5-7-3-6-4-8-5/h3-4,9H,1-2H2/p+1. The zero-order valence-electron chi connectivity index (χ0n) is 5.86. The first-order valence-corrected chi connectivity index (χ1v) is 2.65. The van der Waals surface area contributed by atoms with Crippen LogP contribution in [0.2, 0.25) is 0 Å². The lowest BCUT2D eigenvalue weighted by Gasteiger charge is -1.90. The molecule has 1 heterocycles. The number of hydrogen-bond donors (Lipinski definition) is 1. The molecule has 4 heteroatoms. The molecule has 0 unspecified atom stereocenters. The lowest BCUT2D eigenvalue weighted by atomic mass is 10.4.